The number of rotatable bonds is 8. The van der Waals surface area contributed by atoms with Gasteiger partial charge < -0.3 is 5.11 Å². The van der Waals surface area contributed by atoms with Crippen molar-refractivity contribution in [2.75, 3.05) is 32.9 Å². The number of sulfonamides is 1. The lowest BCUT2D eigenvalue weighted by Crippen LogP contribution is -2.29. The van der Waals surface area contributed by atoms with Gasteiger partial charge in [0.05, 0.1) is 23.6 Å². The summed E-state index contributed by atoms with van der Waals surface area (Å²) in [7, 11) is -0.0384. The van der Waals surface area contributed by atoms with E-state index in [0.29, 0.717) is 12.8 Å². The van der Waals surface area contributed by atoms with Crippen LogP contribution < -0.4 is 0 Å². The number of carboxylic acid groups (broad SMARTS) is 1. The van der Waals surface area contributed by atoms with E-state index in [1.54, 1.807) is 14.1 Å². The quantitative estimate of drug-likeness (QED) is 0.722. The molecule has 0 unspecified atom stereocenters. The highest BCUT2D eigenvalue weighted by Gasteiger charge is 2.18. The van der Waals surface area contributed by atoms with Crippen LogP contribution in [0, 0.1) is 0 Å². The van der Waals surface area contributed by atoms with Crippen LogP contribution in [-0.2, 0) is 34.3 Å². The molecule has 0 saturated carbocycles. The van der Waals surface area contributed by atoms with Gasteiger partial charge in [-0.25, -0.2) is 12.7 Å². The van der Waals surface area contributed by atoms with Crippen LogP contribution in [-0.4, -0.2) is 71.4 Å². The van der Waals surface area contributed by atoms with E-state index in [1.807, 2.05) is 10.7 Å². The van der Waals surface area contributed by atoms with Crippen LogP contribution in [0.15, 0.2) is 6.07 Å². The number of aliphatic carboxylic acids is 1. The lowest BCUT2D eigenvalue weighted by molar-refractivity contribution is -0.136. The van der Waals surface area contributed by atoms with Crippen molar-refractivity contribution in [3.63, 3.8) is 0 Å². The molecule has 9 heteroatoms. The number of carboxylic acids is 1. The zero-order valence-corrected chi connectivity index (χ0v) is 15.1. The minimum absolute atomic E-state index is 0.0859. The molecule has 0 bridgehead atoms. The molecule has 0 spiro atoms. The molecule has 24 heavy (non-hydrogen) atoms. The molecule has 0 saturated heterocycles. The first-order valence-corrected chi connectivity index (χ1v) is 9.79. The molecule has 0 aliphatic carbocycles. The smallest absolute Gasteiger partial charge is 0.303 e. The summed E-state index contributed by atoms with van der Waals surface area (Å²) in [6.45, 7) is 3.18. The van der Waals surface area contributed by atoms with Crippen molar-refractivity contribution >= 4 is 16.0 Å². The van der Waals surface area contributed by atoms with E-state index in [1.165, 1.54) is 4.31 Å². The monoisotopic (exact) mass is 358 g/mol. The number of fused-ring (bicyclic) bond motifs is 1. The molecule has 1 aromatic rings. The Morgan fingerprint density at radius 2 is 2.12 bits per heavy atom. The van der Waals surface area contributed by atoms with Crippen molar-refractivity contribution in [2.24, 2.45) is 0 Å². The fourth-order valence-corrected chi connectivity index (χ4v) is 3.65. The topological polar surface area (TPSA) is 95.7 Å². The Kier molecular flexibility index (Phi) is 6.36. The molecular formula is C15H26N4O4S. The van der Waals surface area contributed by atoms with Crippen LogP contribution in [0.5, 0.6) is 0 Å². The summed E-state index contributed by atoms with van der Waals surface area (Å²) in [6.07, 6.45) is 2.08. The standard InChI is InChI=1S/C15H26N4O4S/c1-17(2)24(22,23)10-4-8-18-7-3-9-19-14(12-18)11-13(16-19)5-6-15(20)21/h11H,3-10,12H2,1-2H3,(H,20,21). The Morgan fingerprint density at radius 1 is 1.38 bits per heavy atom. The predicted octanol–water partition coefficient (Wildman–Crippen LogP) is 0.388. The molecule has 8 nitrogen and oxygen atoms in total. The molecule has 1 aromatic heterocycles. The predicted molar refractivity (Wildman–Crippen MR) is 90.2 cm³/mol. The maximum absolute atomic E-state index is 11.8. The highest BCUT2D eigenvalue weighted by Crippen LogP contribution is 2.15. The second kappa shape index (κ2) is 8.09. The fraction of sp³-hybridized carbons (Fsp3) is 0.733. The Bertz CT molecular complexity index is 669. The summed E-state index contributed by atoms with van der Waals surface area (Å²) >= 11 is 0. The maximum atomic E-state index is 11.8. The van der Waals surface area contributed by atoms with E-state index in [4.69, 9.17) is 5.11 Å². The third kappa shape index (κ3) is 5.29. The SMILES string of the molecule is CN(C)S(=O)(=O)CCCN1CCCn2nc(CCC(=O)O)cc2C1. The van der Waals surface area contributed by atoms with E-state index in [-0.39, 0.29) is 12.2 Å². The molecule has 1 aliphatic rings. The largest absolute Gasteiger partial charge is 0.481 e. The number of hydrogen-bond acceptors (Lipinski definition) is 5. The minimum atomic E-state index is -3.15. The van der Waals surface area contributed by atoms with Crippen molar-refractivity contribution in [3.8, 4) is 0 Å². The Labute approximate surface area is 143 Å². The minimum Gasteiger partial charge on any atom is -0.481 e. The fourth-order valence-electron chi connectivity index (χ4n) is 2.79. The second-order valence-electron chi connectivity index (χ2n) is 6.33. The van der Waals surface area contributed by atoms with Gasteiger partial charge in [0.15, 0.2) is 0 Å². The van der Waals surface area contributed by atoms with Crippen LogP contribution in [0.4, 0.5) is 0 Å². The van der Waals surface area contributed by atoms with Crippen molar-refractivity contribution < 1.29 is 18.3 Å². The zero-order valence-electron chi connectivity index (χ0n) is 14.3. The van der Waals surface area contributed by atoms with Crippen molar-refractivity contribution in [3.05, 3.63) is 17.5 Å². The van der Waals surface area contributed by atoms with Crippen LogP contribution >= 0.6 is 0 Å². The lowest BCUT2D eigenvalue weighted by atomic mass is 10.2. The van der Waals surface area contributed by atoms with Crippen LogP contribution in [0.1, 0.15) is 30.7 Å². The van der Waals surface area contributed by atoms with E-state index < -0.39 is 16.0 Å². The lowest BCUT2D eigenvalue weighted by Gasteiger charge is -2.20. The molecule has 0 aromatic carbocycles. The molecule has 1 aliphatic heterocycles. The summed E-state index contributed by atoms with van der Waals surface area (Å²) in [5.74, 6) is -0.665. The normalized spacial score (nSPS) is 16.1. The first-order valence-electron chi connectivity index (χ1n) is 8.18. The number of aryl methyl sites for hydroxylation is 2. The number of carbonyl (C=O) groups is 1. The van der Waals surface area contributed by atoms with Gasteiger partial charge in [-0.15, -0.1) is 0 Å². The summed E-state index contributed by atoms with van der Waals surface area (Å²) in [4.78, 5) is 12.9. The number of hydrogen-bond donors (Lipinski definition) is 1. The number of aromatic nitrogens is 2. The molecule has 0 radical (unpaired) electrons. The molecule has 2 rings (SSSR count). The summed E-state index contributed by atoms with van der Waals surface area (Å²) in [6, 6.07) is 1.97. The van der Waals surface area contributed by atoms with Gasteiger partial charge in [0.2, 0.25) is 10.0 Å². The zero-order chi connectivity index (χ0) is 17.7. The molecule has 0 fully saturated rings. The molecule has 136 valence electrons. The average Bonchev–Trinajstić information content (AvgIpc) is 2.77. The van der Waals surface area contributed by atoms with Crippen LogP contribution in [0.3, 0.4) is 0 Å². The van der Waals surface area contributed by atoms with Crippen LogP contribution in [0.2, 0.25) is 0 Å². The maximum Gasteiger partial charge on any atom is 0.303 e. The van der Waals surface area contributed by atoms with Gasteiger partial charge >= 0.3 is 5.97 Å². The summed E-state index contributed by atoms with van der Waals surface area (Å²) < 4.78 is 26.8. The average molecular weight is 358 g/mol. The first kappa shape index (κ1) is 18.9. The van der Waals surface area contributed by atoms with Gasteiger partial charge in [0.1, 0.15) is 0 Å². The molecule has 0 atom stereocenters. The van der Waals surface area contributed by atoms with Crippen molar-refractivity contribution in [1.29, 1.82) is 0 Å². The van der Waals surface area contributed by atoms with Gasteiger partial charge in [-0.2, -0.15) is 5.10 Å². The van der Waals surface area contributed by atoms with E-state index in [0.717, 1.165) is 44.0 Å². The Morgan fingerprint density at radius 3 is 2.79 bits per heavy atom. The third-order valence-corrected chi connectivity index (χ3v) is 6.09. The van der Waals surface area contributed by atoms with E-state index in [2.05, 4.69) is 10.00 Å². The highest BCUT2D eigenvalue weighted by molar-refractivity contribution is 7.89. The first-order chi connectivity index (χ1) is 11.3. The molecule has 1 N–H and O–H groups in total. The summed E-state index contributed by atoms with van der Waals surface area (Å²) in [5, 5.41) is 13.3. The van der Waals surface area contributed by atoms with Gasteiger partial charge in [0.25, 0.3) is 0 Å². The van der Waals surface area contributed by atoms with Gasteiger partial charge in [-0.05, 0) is 25.5 Å². The summed E-state index contributed by atoms with van der Waals surface area (Å²) in [5.41, 5.74) is 1.88. The molecular weight excluding hydrogens is 332 g/mol. The molecule has 0 amide bonds. The highest BCUT2D eigenvalue weighted by atomic mass is 32.2. The van der Waals surface area contributed by atoms with E-state index in [9.17, 15) is 13.2 Å². The van der Waals surface area contributed by atoms with E-state index >= 15 is 0 Å². The number of nitrogens with zero attached hydrogens (tertiary/aromatic N) is 4. The van der Waals surface area contributed by atoms with Crippen molar-refractivity contribution in [1.82, 2.24) is 19.0 Å². The van der Waals surface area contributed by atoms with Gasteiger partial charge in [-0.1, -0.05) is 0 Å². The van der Waals surface area contributed by atoms with Crippen molar-refractivity contribution in [2.45, 2.75) is 38.8 Å². The van der Waals surface area contributed by atoms with Gasteiger partial charge in [-0.3, -0.25) is 14.4 Å². The second-order valence-corrected chi connectivity index (χ2v) is 8.63. The Balaban J connectivity index is 1.90. The molecule has 2 heterocycles. The van der Waals surface area contributed by atoms with Gasteiger partial charge in [0, 0.05) is 40.2 Å². The van der Waals surface area contributed by atoms with Crippen LogP contribution in [0.25, 0.3) is 0 Å². The Hall–Kier alpha value is -1.45. The third-order valence-electron chi connectivity index (χ3n) is 4.17.